The molecule has 0 aromatic heterocycles. The Bertz CT molecular complexity index is 1020. The van der Waals surface area contributed by atoms with Gasteiger partial charge in [0.25, 0.3) is 0 Å². The molecule has 0 aliphatic carbocycles. The number of amides is 3. The molecule has 4 N–H and O–H groups in total. The van der Waals surface area contributed by atoms with Gasteiger partial charge in [-0.25, -0.2) is 13.2 Å². The maximum Gasteiger partial charge on any atom is 0.315 e. The zero-order chi connectivity index (χ0) is 22.3. The fourth-order valence-corrected chi connectivity index (χ4v) is 4.57. The minimum Gasteiger partial charge on any atom is -0.379 e. The Labute approximate surface area is 181 Å². The van der Waals surface area contributed by atoms with Gasteiger partial charge in [0.15, 0.2) is 0 Å². The summed E-state index contributed by atoms with van der Waals surface area (Å²) in [5.74, 6) is -0.490. The number of benzene rings is 2. The second-order valence-corrected chi connectivity index (χ2v) is 9.02. The molecule has 1 saturated heterocycles. The lowest BCUT2D eigenvalue weighted by Crippen LogP contribution is -2.40. The summed E-state index contributed by atoms with van der Waals surface area (Å²) in [7, 11) is -3.53. The van der Waals surface area contributed by atoms with Gasteiger partial charge in [0.1, 0.15) is 0 Å². The summed E-state index contributed by atoms with van der Waals surface area (Å²) in [6.45, 7) is 2.14. The summed E-state index contributed by atoms with van der Waals surface area (Å²) < 4.78 is 31.9. The average Bonchev–Trinajstić information content (AvgIpc) is 2.79. The molecule has 0 radical (unpaired) electrons. The number of ether oxygens (including phenoxy) is 1. The first kappa shape index (κ1) is 22.7. The van der Waals surface area contributed by atoms with Crippen molar-refractivity contribution in [2.45, 2.75) is 17.9 Å². The zero-order valence-electron chi connectivity index (χ0n) is 17.0. The van der Waals surface area contributed by atoms with Crippen molar-refractivity contribution in [1.82, 2.24) is 14.9 Å². The van der Waals surface area contributed by atoms with Crippen molar-refractivity contribution in [1.29, 1.82) is 0 Å². The van der Waals surface area contributed by atoms with Crippen LogP contribution in [0, 0.1) is 0 Å². The number of nitrogens with one attached hydrogen (secondary N) is 2. The zero-order valence-corrected chi connectivity index (χ0v) is 17.9. The molecule has 0 spiro atoms. The van der Waals surface area contributed by atoms with Gasteiger partial charge >= 0.3 is 6.03 Å². The largest absolute Gasteiger partial charge is 0.379 e. The molecule has 166 valence electrons. The minimum absolute atomic E-state index is 0.223. The topological polar surface area (TPSA) is 131 Å². The molecule has 1 aliphatic rings. The molecule has 31 heavy (non-hydrogen) atoms. The van der Waals surface area contributed by atoms with Gasteiger partial charge < -0.3 is 21.1 Å². The molecule has 1 fully saturated rings. The number of nitrogens with two attached hydrogens (primary N) is 1. The minimum atomic E-state index is -3.53. The van der Waals surface area contributed by atoms with E-state index >= 15 is 0 Å². The Kier molecular flexibility index (Phi) is 7.61. The maximum absolute atomic E-state index is 12.6. The molecule has 3 amide bonds. The molecule has 2 aromatic carbocycles. The second-order valence-electron chi connectivity index (χ2n) is 7.08. The summed E-state index contributed by atoms with van der Waals surface area (Å²) in [4.78, 5) is 23.4. The van der Waals surface area contributed by atoms with E-state index in [0.29, 0.717) is 44.8 Å². The summed E-state index contributed by atoms with van der Waals surface area (Å²) >= 11 is 0. The Morgan fingerprint density at radius 3 is 2.39 bits per heavy atom. The Hall–Kier alpha value is -2.95. The van der Waals surface area contributed by atoms with Crippen LogP contribution in [0.2, 0.25) is 0 Å². The van der Waals surface area contributed by atoms with Crippen LogP contribution in [0.5, 0.6) is 0 Å². The molecule has 1 aliphatic heterocycles. The summed E-state index contributed by atoms with van der Waals surface area (Å²) in [5, 5.41) is 5.48. The number of sulfonamides is 1. The number of primary amides is 1. The van der Waals surface area contributed by atoms with Crippen LogP contribution in [0.3, 0.4) is 0 Å². The summed E-state index contributed by atoms with van der Waals surface area (Å²) in [6, 6.07) is 13.1. The summed E-state index contributed by atoms with van der Waals surface area (Å²) in [5.41, 5.74) is 7.38. The Morgan fingerprint density at radius 1 is 1.00 bits per heavy atom. The van der Waals surface area contributed by atoms with Crippen molar-refractivity contribution in [2.75, 3.05) is 32.8 Å². The number of morpholine rings is 1. The standard InChI is InChI=1S/C21H26N4O5S/c22-20(26)18-3-1-2-16(14-18)8-9-23-21(27)24-15-17-4-6-19(7-5-17)31(28,29)25-10-12-30-13-11-25/h1-7,14H,8-13,15H2,(H2,22,26)(H2,23,24,27). The molecular formula is C21H26N4O5S. The van der Waals surface area contributed by atoms with E-state index in [4.69, 9.17) is 10.5 Å². The van der Waals surface area contributed by atoms with Gasteiger partial charge in [-0.3, -0.25) is 4.79 Å². The average molecular weight is 447 g/mol. The number of carbonyl (C=O) groups is 2. The number of urea groups is 1. The Morgan fingerprint density at radius 2 is 1.71 bits per heavy atom. The summed E-state index contributed by atoms with van der Waals surface area (Å²) in [6.07, 6.45) is 0.558. The van der Waals surface area contributed by atoms with E-state index in [1.807, 2.05) is 6.07 Å². The molecule has 9 nitrogen and oxygen atoms in total. The molecule has 0 unspecified atom stereocenters. The normalized spacial score (nSPS) is 14.7. The highest BCUT2D eigenvalue weighted by Gasteiger charge is 2.26. The first-order chi connectivity index (χ1) is 14.9. The monoisotopic (exact) mass is 446 g/mol. The van der Waals surface area contributed by atoms with E-state index in [2.05, 4.69) is 10.6 Å². The number of nitrogens with zero attached hydrogens (tertiary/aromatic N) is 1. The van der Waals surface area contributed by atoms with Crippen LogP contribution in [-0.4, -0.2) is 57.5 Å². The third-order valence-electron chi connectivity index (χ3n) is 4.89. The van der Waals surface area contributed by atoms with E-state index in [-0.39, 0.29) is 17.5 Å². The Balaban J connectivity index is 1.45. The van der Waals surface area contributed by atoms with E-state index in [9.17, 15) is 18.0 Å². The van der Waals surface area contributed by atoms with Gasteiger partial charge in [-0.1, -0.05) is 24.3 Å². The van der Waals surface area contributed by atoms with Crippen LogP contribution in [0.25, 0.3) is 0 Å². The van der Waals surface area contributed by atoms with Gasteiger partial charge in [-0.2, -0.15) is 4.31 Å². The van der Waals surface area contributed by atoms with E-state index in [1.165, 1.54) is 4.31 Å². The fraction of sp³-hybridized carbons (Fsp3) is 0.333. The lowest BCUT2D eigenvalue weighted by atomic mass is 10.1. The molecule has 0 saturated carbocycles. The number of hydrogen-bond donors (Lipinski definition) is 3. The smallest absolute Gasteiger partial charge is 0.315 e. The molecular weight excluding hydrogens is 420 g/mol. The van der Waals surface area contributed by atoms with Gasteiger partial charge in [0.2, 0.25) is 15.9 Å². The third kappa shape index (κ3) is 6.27. The highest BCUT2D eigenvalue weighted by Crippen LogP contribution is 2.17. The third-order valence-corrected chi connectivity index (χ3v) is 6.81. The number of rotatable bonds is 8. The van der Waals surface area contributed by atoms with Gasteiger partial charge in [-0.15, -0.1) is 0 Å². The highest BCUT2D eigenvalue weighted by atomic mass is 32.2. The van der Waals surface area contributed by atoms with Gasteiger partial charge in [0, 0.05) is 31.7 Å². The molecule has 0 atom stereocenters. The van der Waals surface area contributed by atoms with Gasteiger partial charge in [0.05, 0.1) is 18.1 Å². The van der Waals surface area contributed by atoms with Gasteiger partial charge in [-0.05, 0) is 41.8 Å². The van der Waals surface area contributed by atoms with Crippen LogP contribution in [0.15, 0.2) is 53.4 Å². The van der Waals surface area contributed by atoms with E-state index in [1.54, 1.807) is 42.5 Å². The highest BCUT2D eigenvalue weighted by molar-refractivity contribution is 7.89. The first-order valence-corrected chi connectivity index (χ1v) is 11.4. The predicted molar refractivity (Wildman–Crippen MR) is 115 cm³/mol. The number of hydrogen-bond acceptors (Lipinski definition) is 5. The van der Waals surface area contributed by atoms with Crippen molar-refractivity contribution < 1.29 is 22.7 Å². The first-order valence-electron chi connectivity index (χ1n) is 9.93. The second kappa shape index (κ2) is 10.4. The molecule has 0 bridgehead atoms. The van der Waals surface area contributed by atoms with Crippen LogP contribution in [-0.2, 0) is 27.7 Å². The van der Waals surface area contributed by atoms with E-state index in [0.717, 1.165) is 11.1 Å². The maximum atomic E-state index is 12.6. The van der Waals surface area contributed by atoms with Crippen molar-refractivity contribution >= 4 is 22.0 Å². The van der Waals surface area contributed by atoms with Crippen LogP contribution >= 0.6 is 0 Å². The SMILES string of the molecule is NC(=O)c1cccc(CCNC(=O)NCc2ccc(S(=O)(=O)N3CCOCC3)cc2)c1. The van der Waals surface area contributed by atoms with Crippen molar-refractivity contribution in [3.05, 3.63) is 65.2 Å². The van der Waals surface area contributed by atoms with Crippen molar-refractivity contribution in [2.24, 2.45) is 5.73 Å². The molecule has 3 rings (SSSR count). The molecule has 1 heterocycles. The molecule has 2 aromatic rings. The van der Waals surface area contributed by atoms with Crippen LogP contribution in [0.1, 0.15) is 21.5 Å². The lowest BCUT2D eigenvalue weighted by molar-refractivity contribution is 0.0730. The predicted octanol–water partition coefficient (Wildman–Crippen LogP) is 0.848. The van der Waals surface area contributed by atoms with Crippen molar-refractivity contribution in [3.63, 3.8) is 0 Å². The van der Waals surface area contributed by atoms with Crippen LogP contribution in [0.4, 0.5) is 4.79 Å². The quantitative estimate of drug-likeness (QED) is 0.553. The van der Waals surface area contributed by atoms with Crippen LogP contribution < -0.4 is 16.4 Å². The van der Waals surface area contributed by atoms with Crippen molar-refractivity contribution in [3.8, 4) is 0 Å². The fourth-order valence-electron chi connectivity index (χ4n) is 3.16. The lowest BCUT2D eigenvalue weighted by Gasteiger charge is -2.26. The van der Waals surface area contributed by atoms with E-state index < -0.39 is 15.9 Å². The molecule has 10 heteroatoms. The number of carbonyl (C=O) groups excluding carboxylic acids is 2.